The van der Waals surface area contributed by atoms with Gasteiger partial charge in [-0.2, -0.15) is 0 Å². The predicted molar refractivity (Wildman–Crippen MR) is 45.9 cm³/mol. The van der Waals surface area contributed by atoms with Crippen LogP contribution in [-0.4, -0.2) is 17.6 Å². The molecule has 0 amide bonds. The highest BCUT2D eigenvalue weighted by Gasteiger charge is 2.02. The van der Waals surface area contributed by atoms with Gasteiger partial charge in [0.1, 0.15) is 0 Å². The molecule has 1 aromatic heterocycles. The van der Waals surface area contributed by atoms with Crippen molar-refractivity contribution in [3.8, 4) is 0 Å². The number of esters is 1. The van der Waals surface area contributed by atoms with Crippen molar-refractivity contribution in [1.82, 2.24) is 4.98 Å². The maximum Gasteiger partial charge on any atom is 0.306 e. The van der Waals surface area contributed by atoms with Gasteiger partial charge in [0, 0.05) is 11.8 Å². The molecule has 0 bridgehead atoms. The molecule has 3 nitrogen and oxygen atoms in total. The SMILES string of the molecule is CCOC(=O)CCc1cs[c]n1. The molecule has 4 heteroatoms. The lowest BCUT2D eigenvalue weighted by molar-refractivity contribution is -0.143. The Kier molecular flexibility index (Phi) is 3.73. The van der Waals surface area contributed by atoms with Gasteiger partial charge in [0.05, 0.1) is 18.7 Å². The maximum atomic E-state index is 10.9. The van der Waals surface area contributed by atoms with Crippen molar-refractivity contribution in [3.63, 3.8) is 0 Å². The number of carbonyl (C=O) groups is 1. The molecule has 12 heavy (non-hydrogen) atoms. The van der Waals surface area contributed by atoms with Crippen LogP contribution in [0.4, 0.5) is 0 Å². The minimum atomic E-state index is -0.162. The number of carbonyl (C=O) groups excluding carboxylic acids is 1. The fraction of sp³-hybridized carbons (Fsp3) is 0.500. The zero-order valence-electron chi connectivity index (χ0n) is 6.87. The molecule has 0 aromatic carbocycles. The lowest BCUT2D eigenvalue weighted by Crippen LogP contribution is -2.05. The summed E-state index contributed by atoms with van der Waals surface area (Å²) in [6.45, 7) is 2.25. The van der Waals surface area contributed by atoms with E-state index in [9.17, 15) is 4.79 Å². The monoisotopic (exact) mass is 184 g/mol. The van der Waals surface area contributed by atoms with E-state index in [4.69, 9.17) is 4.74 Å². The van der Waals surface area contributed by atoms with Crippen molar-refractivity contribution >= 4 is 17.3 Å². The Labute approximate surface area is 75.4 Å². The summed E-state index contributed by atoms with van der Waals surface area (Å²) in [5, 5.41) is 1.89. The van der Waals surface area contributed by atoms with Crippen molar-refractivity contribution in [3.05, 3.63) is 16.6 Å². The summed E-state index contributed by atoms with van der Waals surface area (Å²) < 4.78 is 4.77. The number of aryl methyl sites for hydroxylation is 1. The Balaban J connectivity index is 2.22. The topological polar surface area (TPSA) is 39.2 Å². The van der Waals surface area contributed by atoms with E-state index in [-0.39, 0.29) is 5.97 Å². The third kappa shape index (κ3) is 3.00. The first-order valence-corrected chi connectivity index (χ1v) is 4.67. The number of rotatable bonds is 4. The van der Waals surface area contributed by atoms with E-state index in [0.29, 0.717) is 19.4 Å². The molecule has 0 saturated heterocycles. The molecule has 0 saturated carbocycles. The van der Waals surface area contributed by atoms with E-state index in [0.717, 1.165) is 5.69 Å². The summed E-state index contributed by atoms with van der Waals surface area (Å²) in [7, 11) is 0. The van der Waals surface area contributed by atoms with Crippen LogP contribution in [0.5, 0.6) is 0 Å². The van der Waals surface area contributed by atoms with E-state index >= 15 is 0 Å². The third-order valence-corrected chi connectivity index (χ3v) is 1.91. The minimum Gasteiger partial charge on any atom is -0.466 e. The van der Waals surface area contributed by atoms with Crippen LogP contribution in [0.2, 0.25) is 0 Å². The Morgan fingerprint density at radius 2 is 2.67 bits per heavy atom. The van der Waals surface area contributed by atoms with E-state index < -0.39 is 0 Å². The van der Waals surface area contributed by atoms with E-state index in [1.807, 2.05) is 5.38 Å². The number of ether oxygens (including phenoxy) is 1. The highest BCUT2D eigenvalue weighted by Crippen LogP contribution is 2.03. The van der Waals surface area contributed by atoms with Crippen LogP contribution in [0.25, 0.3) is 0 Å². The van der Waals surface area contributed by atoms with Crippen molar-refractivity contribution in [2.24, 2.45) is 0 Å². The molecule has 0 fully saturated rings. The smallest absolute Gasteiger partial charge is 0.306 e. The van der Waals surface area contributed by atoms with Crippen LogP contribution in [-0.2, 0) is 16.0 Å². The first-order chi connectivity index (χ1) is 5.83. The summed E-state index contributed by atoms with van der Waals surface area (Å²) in [6.07, 6.45) is 1.06. The number of nitrogens with zero attached hydrogens (tertiary/aromatic N) is 1. The average molecular weight is 184 g/mol. The summed E-state index contributed by atoms with van der Waals surface area (Å²) in [6, 6.07) is 0. The Bertz CT molecular complexity index is 233. The molecule has 1 rings (SSSR count). The highest BCUT2D eigenvalue weighted by atomic mass is 32.1. The van der Waals surface area contributed by atoms with Gasteiger partial charge in [-0.05, 0) is 6.92 Å². The van der Waals surface area contributed by atoms with Gasteiger partial charge >= 0.3 is 5.97 Å². The predicted octanol–water partition coefficient (Wildman–Crippen LogP) is 1.44. The van der Waals surface area contributed by atoms with Crippen LogP contribution in [0.3, 0.4) is 0 Å². The van der Waals surface area contributed by atoms with Crippen LogP contribution in [0.1, 0.15) is 19.0 Å². The van der Waals surface area contributed by atoms with Gasteiger partial charge in [-0.25, -0.2) is 4.98 Å². The van der Waals surface area contributed by atoms with Gasteiger partial charge in [0.15, 0.2) is 5.51 Å². The molecule has 0 aliphatic heterocycles. The number of hydrogen-bond donors (Lipinski definition) is 0. The van der Waals surface area contributed by atoms with Gasteiger partial charge in [-0.3, -0.25) is 4.79 Å². The molecular weight excluding hydrogens is 174 g/mol. The van der Waals surface area contributed by atoms with Gasteiger partial charge < -0.3 is 4.74 Å². The molecule has 0 unspecified atom stereocenters. The fourth-order valence-corrected chi connectivity index (χ4v) is 1.31. The van der Waals surface area contributed by atoms with E-state index in [1.165, 1.54) is 11.3 Å². The maximum absolute atomic E-state index is 10.9. The Hall–Kier alpha value is -0.900. The van der Waals surface area contributed by atoms with E-state index in [1.54, 1.807) is 6.92 Å². The molecule has 0 atom stereocenters. The zero-order valence-corrected chi connectivity index (χ0v) is 7.69. The van der Waals surface area contributed by atoms with Gasteiger partial charge in [-0.15, -0.1) is 11.3 Å². The molecule has 0 N–H and O–H groups in total. The normalized spacial score (nSPS) is 9.75. The fourth-order valence-electron chi connectivity index (χ4n) is 0.784. The quantitative estimate of drug-likeness (QED) is 0.665. The summed E-state index contributed by atoms with van der Waals surface area (Å²) >= 11 is 1.42. The Morgan fingerprint density at radius 1 is 1.83 bits per heavy atom. The summed E-state index contributed by atoms with van der Waals surface area (Å²) in [5.41, 5.74) is 3.64. The van der Waals surface area contributed by atoms with Crippen LogP contribution < -0.4 is 0 Å². The van der Waals surface area contributed by atoms with Gasteiger partial charge in [-0.1, -0.05) is 0 Å². The molecule has 0 aliphatic rings. The van der Waals surface area contributed by atoms with Gasteiger partial charge in [0.2, 0.25) is 0 Å². The molecule has 65 valence electrons. The molecule has 0 spiro atoms. The summed E-state index contributed by atoms with van der Waals surface area (Å²) in [5.74, 6) is -0.162. The standard InChI is InChI=1S/C8H10NO2S/c1-2-11-8(10)4-3-7-5-12-6-9-7/h5H,2-4H2,1H3. The highest BCUT2D eigenvalue weighted by molar-refractivity contribution is 7.07. The number of aromatic nitrogens is 1. The van der Waals surface area contributed by atoms with E-state index in [2.05, 4.69) is 10.5 Å². The first kappa shape index (κ1) is 9.19. The van der Waals surface area contributed by atoms with Crippen molar-refractivity contribution < 1.29 is 9.53 Å². The second-order valence-electron chi connectivity index (χ2n) is 2.24. The first-order valence-electron chi connectivity index (χ1n) is 3.79. The van der Waals surface area contributed by atoms with Crippen LogP contribution in [0, 0.1) is 5.51 Å². The zero-order chi connectivity index (χ0) is 8.81. The van der Waals surface area contributed by atoms with Crippen molar-refractivity contribution in [2.45, 2.75) is 19.8 Å². The van der Waals surface area contributed by atoms with Crippen molar-refractivity contribution in [1.29, 1.82) is 0 Å². The Morgan fingerprint density at radius 3 is 3.25 bits per heavy atom. The number of hydrogen-bond acceptors (Lipinski definition) is 4. The lowest BCUT2D eigenvalue weighted by Gasteiger charge is -1.98. The number of thiazole rings is 1. The lowest BCUT2D eigenvalue weighted by atomic mass is 10.2. The largest absolute Gasteiger partial charge is 0.466 e. The van der Waals surface area contributed by atoms with Crippen molar-refractivity contribution in [2.75, 3.05) is 6.61 Å². The molecular formula is C8H10NO2S. The molecule has 1 radical (unpaired) electrons. The van der Waals surface area contributed by atoms with Crippen LogP contribution >= 0.6 is 11.3 Å². The van der Waals surface area contributed by atoms with Gasteiger partial charge in [0.25, 0.3) is 0 Å². The molecule has 0 aliphatic carbocycles. The second-order valence-corrected chi connectivity index (χ2v) is 2.89. The average Bonchev–Trinajstić information content (AvgIpc) is 2.53. The molecule has 1 heterocycles. The third-order valence-electron chi connectivity index (χ3n) is 1.33. The molecule has 1 aromatic rings. The minimum absolute atomic E-state index is 0.162. The van der Waals surface area contributed by atoms with Crippen LogP contribution in [0.15, 0.2) is 5.38 Å². The summed E-state index contributed by atoms with van der Waals surface area (Å²) in [4.78, 5) is 14.8. The second kappa shape index (κ2) is 4.87.